The molecule has 1 heterocycles. The fourth-order valence-electron chi connectivity index (χ4n) is 1.95. The molecule has 6 nitrogen and oxygen atoms in total. The molecule has 22 heavy (non-hydrogen) atoms. The highest BCUT2D eigenvalue weighted by atomic mass is 32.2. The van der Waals surface area contributed by atoms with Crippen LogP contribution < -0.4 is 10.9 Å². The van der Waals surface area contributed by atoms with Crippen molar-refractivity contribution in [3.63, 3.8) is 0 Å². The van der Waals surface area contributed by atoms with Gasteiger partial charge in [-0.05, 0) is 30.9 Å². The average molecular weight is 328 g/mol. The van der Waals surface area contributed by atoms with Crippen LogP contribution in [0.5, 0.6) is 0 Å². The van der Waals surface area contributed by atoms with Gasteiger partial charge in [0.2, 0.25) is 0 Å². The van der Waals surface area contributed by atoms with Gasteiger partial charge in [-0.3, -0.25) is 9.59 Å². The molecule has 124 valence electrons. The van der Waals surface area contributed by atoms with Crippen LogP contribution in [0, 0.1) is 12.8 Å². The highest BCUT2D eigenvalue weighted by Gasteiger charge is 2.16. The summed E-state index contributed by atoms with van der Waals surface area (Å²) in [7, 11) is -3.15. The second-order valence-electron chi connectivity index (χ2n) is 5.94. The maximum absolute atomic E-state index is 12.4. The SMILES string of the molecule is Cc1ccn(CCC(C)C)c(=O)c1C(=O)NCCS(C)(=O)=O. The van der Waals surface area contributed by atoms with E-state index in [0.717, 1.165) is 12.7 Å². The van der Waals surface area contributed by atoms with E-state index < -0.39 is 15.7 Å². The summed E-state index contributed by atoms with van der Waals surface area (Å²) in [5.74, 6) is -0.211. The standard InChI is InChI=1S/C15H24N2O4S/c1-11(2)5-8-17-9-6-12(3)13(15(17)19)14(18)16-7-10-22(4,20)21/h6,9,11H,5,7-8,10H2,1-4H3,(H,16,18). The minimum atomic E-state index is -3.15. The van der Waals surface area contributed by atoms with Crippen LogP contribution in [0.25, 0.3) is 0 Å². The molecule has 1 aromatic heterocycles. The van der Waals surface area contributed by atoms with Crippen LogP contribution in [0.4, 0.5) is 0 Å². The lowest BCUT2D eigenvalue weighted by atomic mass is 10.1. The Morgan fingerprint density at radius 3 is 2.55 bits per heavy atom. The lowest BCUT2D eigenvalue weighted by Gasteiger charge is -2.12. The van der Waals surface area contributed by atoms with Crippen LogP contribution in [0.2, 0.25) is 0 Å². The third-order valence-electron chi connectivity index (χ3n) is 3.31. The molecule has 1 aromatic rings. The fourth-order valence-corrected chi connectivity index (χ4v) is 2.43. The fraction of sp³-hybridized carbons (Fsp3) is 0.600. The van der Waals surface area contributed by atoms with Crippen LogP contribution in [-0.4, -0.2) is 37.4 Å². The molecule has 0 aliphatic carbocycles. The smallest absolute Gasteiger partial charge is 0.263 e. The molecule has 0 aliphatic heterocycles. The van der Waals surface area contributed by atoms with E-state index in [9.17, 15) is 18.0 Å². The zero-order valence-corrected chi connectivity index (χ0v) is 14.4. The normalized spacial score (nSPS) is 11.7. The van der Waals surface area contributed by atoms with Crippen LogP contribution in [0.15, 0.2) is 17.1 Å². The first-order valence-corrected chi connectivity index (χ1v) is 9.34. The molecule has 0 radical (unpaired) electrons. The lowest BCUT2D eigenvalue weighted by Crippen LogP contribution is -2.36. The van der Waals surface area contributed by atoms with Gasteiger partial charge >= 0.3 is 0 Å². The molecule has 0 atom stereocenters. The van der Waals surface area contributed by atoms with E-state index in [1.54, 1.807) is 19.2 Å². The predicted octanol–water partition coefficient (Wildman–Crippen LogP) is 0.977. The van der Waals surface area contributed by atoms with Crippen LogP contribution in [-0.2, 0) is 16.4 Å². The van der Waals surface area contributed by atoms with Crippen LogP contribution in [0.3, 0.4) is 0 Å². The van der Waals surface area contributed by atoms with Crippen LogP contribution >= 0.6 is 0 Å². The maximum atomic E-state index is 12.4. The Labute approximate surface area is 131 Å². The van der Waals surface area contributed by atoms with E-state index in [4.69, 9.17) is 0 Å². The largest absolute Gasteiger partial charge is 0.351 e. The molecular weight excluding hydrogens is 304 g/mol. The molecule has 0 aliphatic rings. The number of aromatic nitrogens is 1. The summed E-state index contributed by atoms with van der Waals surface area (Å²) in [6.45, 7) is 6.38. The van der Waals surface area contributed by atoms with Gasteiger partial charge in [0.1, 0.15) is 15.4 Å². The summed E-state index contributed by atoms with van der Waals surface area (Å²) >= 11 is 0. The number of rotatable bonds is 7. The Bertz CT molecular complexity index is 690. The number of carbonyl (C=O) groups is 1. The first-order valence-electron chi connectivity index (χ1n) is 7.28. The monoisotopic (exact) mass is 328 g/mol. The first-order chi connectivity index (χ1) is 10.1. The summed E-state index contributed by atoms with van der Waals surface area (Å²) in [4.78, 5) is 24.5. The first kappa shape index (κ1) is 18.4. The molecule has 0 spiro atoms. The third kappa shape index (κ3) is 5.63. The van der Waals surface area contributed by atoms with Crippen molar-refractivity contribution in [2.24, 2.45) is 5.92 Å². The molecule has 0 saturated heterocycles. The van der Waals surface area contributed by atoms with Crippen molar-refractivity contribution < 1.29 is 13.2 Å². The van der Waals surface area contributed by atoms with Crippen molar-refractivity contribution in [2.45, 2.75) is 33.7 Å². The van der Waals surface area contributed by atoms with E-state index >= 15 is 0 Å². The molecule has 0 bridgehead atoms. The quantitative estimate of drug-likeness (QED) is 0.808. The second-order valence-corrected chi connectivity index (χ2v) is 8.20. The predicted molar refractivity (Wildman–Crippen MR) is 86.9 cm³/mol. The average Bonchev–Trinajstić information content (AvgIpc) is 2.36. The Hall–Kier alpha value is -1.63. The van der Waals surface area contributed by atoms with E-state index in [0.29, 0.717) is 18.0 Å². The number of hydrogen-bond acceptors (Lipinski definition) is 4. The van der Waals surface area contributed by atoms with Gasteiger partial charge < -0.3 is 9.88 Å². The van der Waals surface area contributed by atoms with Gasteiger partial charge in [0.15, 0.2) is 0 Å². The Morgan fingerprint density at radius 1 is 1.36 bits per heavy atom. The van der Waals surface area contributed by atoms with Crippen molar-refractivity contribution in [2.75, 3.05) is 18.6 Å². The van der Waals surface area contributed by atoms with E-state index in [-0.39, 0.29) is 23.4 Å². The Kier molecular flexibility index (Phi) is 6.34. The van der Waals surface area contributed by atoms with Crippen molar-refractivity contribution in [3.8, 4) is 0 Å². The molecule has 0 saturated carbocycles. The number of nitrogens with zero attached hydrogens (tertiary/aromatic N) is 1. The van der Waals surface area contributed by atoms with E-state index in [1.165, 1.54) is 4.57 Å². The molecule has 1 rings (SSSR count). The molecule has 7 heteroatoms. The molecule has 1 N–H and O–H groups in total. The zero-order chi connectivity index (χ0) is 16.9. The number of nitrogens with one attached hydrogen (secondary N) is 1. The highest BCUT2D eigenvalue weighted by molar-refractivity contribution is 7.90. The van der Waals surface area contributed by atoms with Gasteiger partial charge in [0, 0.05) is 25.5 Å². The minimum Gasteiger partial charge on any atom is -0.351 e. The topological polar surface area (TPSA) is 85.2 Å². The van der Waals surface area contributed by atoms with Gasteiger partial charge in [0.25, 0.3) is 11.5 Å². The number of aryl methyl sites for hydroxylation is 2. The lowest BCUT2D eigenvalue weighted by molar-refractivity contribution is 0.0953. The summed E-state index contributed by atoms with van der Waals surface area (Å²) in [5.41, 5.74) is 0.333. The summed E-state index contributed by atoms with van der Waals surface area (Å²) in [6.07, 6.45) is 3.64. The van der Waals surface area contributed by atoms with Crippen LogP contribution in [0.1, 0.15) is 36.2 Å². The van der Waals surface area contributed by atoms with E-state index in [2.05, 4.69) is 19.2 Å². The maximum Gasteiger partial charge on any atom is 0.263 e. The van der Waals surface area contributed by atoms with Gasteiger partial charge in [-0.15, -0.1) is 0 Å². The number of amides is 1. The number of hydrogen-bond donors (Lipinski definition) is 1. The van der Waals surface area contributed by atoms with Gasteiger partial charge in [-0.25, -0.2) is 8.42 Å². The Balaban J connectivity index is 2.91. The zero-order valence-electron chi connectivity index (χ0n) is 13.5. The summed E-state index contributed by atoms with van der Waals surface area (Å²) in [6, 6.07) is 1.73. The van der Waals surface area contributed by atoms with Gasteiger partial charge in [0.05, 0.1) is 5.75 Å². The Morgan fingerprint density at radius 2 is 2.00 bits per heavy atom. The highest BCUT2D eigenvalue weighted by Crippen LogP contribution is 2.05. The molecule has 0 unspecified atom stereocenters. The molecule has 1 amide bonds. The number of carbonyl (C=O) groups excluding carboxylic acids is 1. The van der Waals surface area contributed by atoms with Crippen molar-refractivity contribution >= 4 is 15.7 Å². The molecular formula is C15H24N2O4S. The van der Waals surface area contributed by atoms with Crippen molar-refractivity contribution in [1.82, 2.24) is 9.88 Å². The number of sulfone groups is 1. The minimum absolute atomic E-state index is 0.00254. The molecule has 0 aromatic carbocycles. The van der Waals surface area contributed by atoms with Gasteiger partial charge in [-0.2, -0.15) is 0 Å². The van der Waals surface area contributed by atoms with Crippen molar-refractivity contribution in [1.29, 1.82) is 0 Å². The summed E-state index contributed by atoms with van der Waals surface area (Å²) < 4.78 is 23.7. The van der Waals surface area contributed by atoms with Crippen molar-refractivity contribution in [3.05, 3.63) is 33.7 Å². The number of pyridine rings is 1. The van der Waals surface area contributed by atoms with Gasteiger partial charge in [-0.1, -0.05) is 13.8 Å². The third-order valence-corrected chi connectivity index (χ3v) is 4.25. The second kappa shape index (κ2) is 7.58. The summed E-state index contributed by atoms with van der Waals surface area (Å²) in [5, 5.41) is 2.50. The molecule has 0 fully saturated rings. The van der Waals surface area contributed by atoms with E-state index in [1.807, 2.05) is 0 Å².